The number of sulfonamides is 1. The Labute approximate surface area is 137 Å². The van der Waals surface area contributed by atoms with Crippen LogP contribution in [0.4, 0.5) is 5.95 Å². The molecule has 2 aromatic rings. The summed E-state index contributed by atoms with van der Waals surface area (Å²) in [6, 6.07) is 1.16. The predicted molar refractivity (Wildman–Crippen MR) is 83.2 cm³/mol. The molecule has 0 amide bonds. The van der Waals surface area contributed by atoms with Crippen molar-refractivity contribution < 1.29 is 18.0 Å². The Bertz CT molecular complexity index is 1080. The first-order valence-corrected chi connectivity index (χ1v) is 7.70. The van der Waals surface area contributed by atoms with Gasteiger partial charge in [0.25, 0.3) is 0 Å². The molecule has 0 unspecified atom stereocenters. The summed E-state index contributed by atoms with van der Waals surface area (Å²) in [5.74, 6) is -0.177. The lowest BCUT2D eigenvalue weighted by molar-refractivity contribution is 0.331. The number of pyridine rings is 1. The molecule has 9 heteroatoms. The van der Waals surface area contributed by atoms with E-state index in [0.29, 0.717) is 9.69 Å². The Kier molecular flexibility index (Phi) is 2.21. The lowest BCUT2D eigenvalue weighted by Crippen LogP contribution is -2.42. The van der Waals surface area contributed by atoms with Crippen LogP contribution in [-0.2, 0) is 10.0 Å². The lowest BCUT2D eigenvalue weighted by Gasteiger charge is -2.30. The fourth-order valence-corrected chi connectivity index (χ4v) is 2.41. The van der Waals surface area contributed by atoms with Gasteiger partial charge in [0.15, 0.2) is 0 Å². The zero-order valence-corrected chi connectivity index (χ0v) is 12.0. The average Bonchev–Trinajstić information content (AvgIpc) is 2.56. The Morgan fingerprint density at radius 2 is 2.23 bits per heavy atom. The number of rotatable bonds is 3. The van der Waals surface area contributed by atoms with Crippen molar-refractivity contribution in [1.29, 1.82) is 0 Å². The summed E-state index contributed by atoms with van der Waals surface area (Å²) in [6.07, 6.45) is -7.09. The molecule has 0 aliphatic carbocycles. The summed E-state index contributed by atoms with van der Waals surface area (Å²) in [5, 5.41) is 3.03. The van der Waals surface area contributed by atoms with Crippen LogP contribution in [0.3, 0.4) is 0 Å². The van der Waals surface area contributed by atoms with Crippen molar-refractivity contribution in [2.45, 2.75) is 18.8 Å². The molecule has 22 heavy (non-hydrogen) atoms. The number of aromatic nitrogens is 3. The van der Waals surface area contributed by atoms with Crippen LogP contribution in [0.1, 0.15) is 22.3 Å². The van der Waals surface area contributed by atoms with Crippen molar-refractivity contribution >= 4 is 27.0 Å². The topological polar surface area (TPSA) is 108 Å². The lowest BCUT2D eigenvalue weighted by atomic mass is 10.1. The van der Waals surface area contributed by atoms with Crippen molar-refractivity contribution in [2.24, 2.45) is 0 Å². The number of fused-ring (bicyclic) bond motifs is 1. The van der Waals surface area contributed by atoms with Gasteiger partial charge < -0.3 is 10.3 Å². The van der Waals surface area contributed by atoms with Crippen LogP contribution in [0, 0.1) is 0 Å². The van der Waals surface area contributed by atoms with Gasteiger partial charge in [-0.05, 0) is 18.8 Å². The van der Waals surface area contributed by atoms with Crippen molar-refractivity contribution in [1.82, 2.24) is 19.3 Å². The highest BCUT2D eigenvalue weighted by atomic mass is 32.2. The Hall–Kier alpha value is -2.00. The van der Waals surface area contributed by atoms with E-state index in [1.165, 1.54) is 18.3 Å². The maximum atomic E-state index is 12.2. The van der Waals surface area contributed by atoms with Crippen LogP contribution in [0.15, 0.2) is 23.1 Å². The minimum Gasteiger partial charge on any atom is -0.351 e. The van der Waals surface area contributed by atoms with E-state index < -0.39 is 53.6 Å². The average molecular weight is 330 g/mol. The van der Waals surface area contributed by atoms with Crippen molar-refractivity contribution in [3.8, 4) is 0 Å². The molecule has 118 valence electrons. The molecule has 2 aromatic heterocycles. The van der Waals surface area contributed by atoms with Gasteiger partial charge in [0.1, 0.15) is 5.65 Å². The molecule has 0 radical (unpaired) electrons. The summed E-state index contributed by atoms with van der Waals surface area (Å²) >= 11 is 0. The minimum atomic E-state index is -4.92. The molecule has 1 aliphatic heterocycles. The van der Waals surface area contributed by atoms with Crippen LogP contribution in [0.5, 0.6) is 0 Å². The zero-order valence-electron chi connectivity index (χ0n) is 18.2. The Morgan fingerprint density at radius 3 is 2.95 bits per heavy atom. The largest absolute Gasteiger partial charge is 0.351 e. The monoisotopic (exact) mass is 330 g/mol. The van der Waals surface area contributed by atoms with Gasteiger partial charge in [-0.15, -0.1) is 0 Å². The van der Waals surface area contributed by atoms with Crippen LogP contribution in [-0.4, -0.2) is 53.0 Å². The van der Waals surface area contributed by atoms with E-state index in [-0.39, 0.29) is 11.6 Å². The zero-order chi connectivity index (χ0) is 21.8. The Morgan fingerprint density at radius 1 is 1.45 bits per heavy atom. The summed E-state index contributed by atoms with van der Waals surface area (Å²) in [4.78, 5) is 21.9. The van der Waals surface area contributed by atoms with E-state index in [4.69, 9.17) is 9.60 Å². The maximum Gasteiger partial charge on any atom is 0.249 e. The third-order valence-corrected chi connectivity index (χ3v) is 3.97. The van der Waals surface area contributed by atoms with E-state index in [1.54, 1.807) is 0 Å². The molecule has 0 aromatic carbocycles. The summed E-state index contributed by atoms with van der Waals surface area (Å²) in [5.41, 5.74) is -0.269. The first kappa shape index (κ1) is 8.59. The highest BCUT2D eigenvalue weighted by Crippen LogP contribution is 2.17. The number of hydrogen-bond donors (Lipinski definition) is 2. The van der Waals surface area contributed by atoms with Gasteiger partial charge in [0, 0.05) is 46.4 Å². The van der Waals surface area contributed by atoms with Crippen molar-refractivity contribution in [3.63, 3.8) is 0 Å². The van der Waals surface area contributed by atoms with Crippen molar-refractivity contribution in [3.05, 3.63) is 28.7 Å². The first-order chi connectivity index (χ1) is 13.1. The third-order valence-electron chi connectivity index (χ3n) is 3.03. The highest BCUT2D eigenvalue weighted by Gasteiger charge is 2.25. The second kappa shape index (κ2) is 5.65. The van der Waals surface area contributed by atoms with Crippen LogP contribution in [0.25, 0.3) is 11.0 Å². The number of anilines is 1. The number of nitrogens with zero attached hydrogens (tertiary/aromatic N) is 3. The van der Waals surface area contributed by atoms with Gasteiger partial charge in [0.05, 0.1) is 6.18 Å². The molecule has 3 heterocycles. The second-order valence-electron chi connectivity index (χ2n) is 4.58. The standard InChI is InChI=1S/C13H17N5O3S/c1-22(20,21)18-6-4-10(5-7-18)15-13-14-8-9-2-3-11(19)16-12(9)17-13/h2-3,8,10H,4-7H2,1H3,(H2,14,15,16,17,19)/i1D3,4D2,5D2. The molecule has 0 bridgehead atoms. The van der Waals surface area contributed by atoms with E-state index in [1.807, 2.05) is 0 Å². The molecule has 8 nitrogen and oxygen atoms in total. The van der Waals surface area contributed by atoms with E-state index >= 15 is 0 Å². The molecule has 0 saturated carbocycles. The number of piperidine rings is 1. The molecule has 3 rings (SSSR count). The van der Waals surface area contributed by atoms with Crippen LogP contribution >= 0.6 is 0 Å². The smallest absolute Gasteiger partial charge is 0.249 e. The number of aromatic amines is 1. The summed E-state index contributed by atoms with van der Waals surface area (Å²) in [6.45, 7) is -1.73. The predicted octanol–water partition coefficient (Wildman–Crippen LogP) is 0.154. The van der Waals surface area contributed by atoms with E-state index in [0.717, 1.165) is 0 Å². The molecule has 2 N–H and O–H groups in total. The Balaban J connectivity index is 1.94. The van der Waals surface area contributed by atoms with Crippen molar-refractivity contribution in [2.75, 3.05) is 24.6 Å². The molecule has 1 aliphatic rings. The number of nitrogens with one attached hydrogen (secondary N) is 2. The van der Waals surface area contributed by atoms with Crippen LogP contribution < -0.4 is 10.9 Å². The fraction of sp³-hybridized carbons (Fsp3) is 0.462. The molecular weight excluding hydrogens is 306 g/mol. The van der Waals surface area contributed by atoms with E-state index in [2.05, 4.69) is 20.3 Å². The summed E-state index contributed by atoms with van der Waals surface area (Å²) < 4.78 is 78.7. The molecular formula is C13H17N5O3S. The quantitative estimate of drug-likeness (QED) is 0.829. The molecule has 1 saturated heterocycles. The fourth-order valence-electron chi connectivity index (χ4n) is 1.92. The second-order valence-corrected chi connectivity index (χ2v) is 6.05. The van der Waals surface area contributed by atoms with Gasteiger partial charge in [-0.3, -0.25) is 4.79 Å². The van der Waals surface area contributed by atoms with Gasteiger partial charge >= 0.3 is 0 Å². The van der Waals surface area contributed by atoms with Gasteiger partial charge in [0.2, 0.25) is 21.5 Å². The highest BCUT2D eigenvalue weighted by molar-refractivity contribution is 7.88. The first-order valence-electron chi connectivity index (χ1n) is 9.76. The number of hydrogen-bond acceptors (Lipinski definition) is 6. The summed E-state index contributed by atoms with van der Waals surface area (Å²) in [7, 11) is -4.92. The van der Waals surface area contributed by atoms with Crippen LogP contribution in [0.2, 0.25) is 0 Å². The maximum absolute atomic E-state index is 12.2. The molecule has 0 spiro atoms. The van der Waals surface area contributed by atoms with Gasteiger partial charge in [-0.2, -0.15) is 4.98 Å². The number of H-pyrrole nitrogens is 1. The normalized spacial score (nSPS) is 27.5. The SMILES string of the molecule is [2H]C1([2H])CN(S(=O)(=O)C([2H])([2H])[2H])CC([2H])([2H])C1Nc1ncc2ccc(=O)[nH]c2n1. The third kappa shape index (κ3) is 3.25. The minimum absolute atomic E-state index is 0.151. The molecule has 0 atom stereocenters. The van der Waals surface area contributed by atoms with E-state index in [9.17, 15) is 13.2 Å². The van der Waals surface area contributed by atoms with Gasteiger partial charge in [-0.25, -0.2) is 17.7 Å². The van der Waals surface area contributed by atoms with Gasteiger partial charge in [-0.1, -0.05) is 0 Å². The molecule has 1 fully saturated rings.